The number of ether oxygens (including phenoxy) is 1. The normalized spacial score (nSPS) is 10.2. The number of hydrogen-bond acceptors (Lipinski definition) is 4. The Balaban J connectivity index is 0.00000225. The second kappa shape index (κ2) is 8.82. The van der Waals surface area contributed by atoms with Crippen LogP contribution in [0.15, 0.2) is 54.9 Å². The van der Waals surface area contributed by atoms with Gasteiger partial charge in [0.1, 0.15) is 17.4 Å². The molecule has 0 spiro atoms. The first-order valence-corrected chi connectivity index (χ1v) is 8.25. The van der Waals surface area contributed by atoms with Gasteiger partial charge in [0.2, 0.25) is 6.54 Å². The lowest BCUT2D eigenvalue weighted by molar-refractivity contribution is -0.686. The smallest absolute Gasteiger partial charge is 0.373 e. The van der Waals surface area contributed by atoms with Crippen LogP contribution >= 0.6 is 11.3 Å². The molecule has 1 aromatic carbocycles. The first-order chi connectivity index (χ1) is 11.6. The highest BCUT2D eigenvalue weighted by molar-refractivity contribution is 7.15. The van der Waals surface area contributed by atoms with E-state index in [4.69, 9.17) is 4.74 Å². The predicted molar refractivity (Wildman–Crippen MR) is 88.7 cm³/mol. The fourth-order valence-corrected chi connectivity index (χ4v) is 3.14. The Labute approximate surface area is 159 Å². The van der Waals surface area contributed by atoms with Crippen LogP contribution in [0.4, 0.5) is 4.39 Å². The fraction of sp³-hybridized carbons (Fsp3) is 0.167. The van der Waals surface area contributed by atoms with Gasteiger partial charge in [-0.3, -0.25) is 0 Å². The van der Waals surface area contributed by atoms with Gasteiger partial charge in [0.05, 0.1) is 10.6 Å². The number of pyridine rings is 1. The van der Waals surface area contributed by atoms with E-state index in [0.717, 1.165) is 21.1 Å². The van der Waals surface area contributed by atoms with Crippen molar-refractivity contribution in [3.8, 4) is 10.6 Å². The highest BCUT2D eigenvalue weighted by Crippen LogP contribution is 2.28. The number of hydrogen-bond donors (Lipinski definition) is 0. The van der Waals surface area contributed by atoms with Gasteiger partial charge < -0.3 is 21.7 Å². The zero-order chi connectivity index (χ0) is 16.9. The lowest BCUT2D eigenvalue weighted by atomic mass is 10.2. The Bertz CT molecular complexity index is 838. The second-order valence-corrected chi connectivity index (χ2v) is 6.33. The van der Waals surface area contributed by atoms with Crippen LogP contribution in [-0.4, -0.2) is 11.0 Å². The van der Waals surface area contributed by atoms with Crippen molar-refractivity contribution in [2.75, 3.05) is 0 Å². The van der Waals surface area contributed by atoms with Gasteiger partial charge in [0.15, 0.2) is 12.4 Å². The van der Waals surface area contributed by atoms with E-state index in [-0.39, 0.29) is 41.9 Å². The van der Waals surface area contributed by atoms with E-state index >= 15 is 0 Å². The Hall–Kier alpha value is -2.12. The zero-order valence-electron chi connectivity index (χ0n) is 13.5. The van der Waals surface area contributed by atoms with Gasteiger partial charge in [0, 0.05) is 17.7 Å². The minimum Gasteiger partial charge on any atom is -1.00 e. The van der Waals surface area contributed by atoms with Gasteiger partial charge in [-0.15, -0.1) is 11.3 Å². The topological polar surface area (TPSA) is 43.1 Å². The molecule has 0 unspecified atom stereocenters. The number of benzene rings is 1. The third-order valence-electron chi connectivity index (χ3n) is 3.44. The van der Waals surface area contributed by atoms with Gasteiger partial charge in [0.25, 0.3) is 0 Å². The molecule has 0 aliphatic heterocycles. The maximum absolute atomic E-state index is 13.0. The molecule has 7 heteroatoms. The summed E-state index contributed by atoms with van der Waals surface area (Å²) in [6.45, 7) is 2.24. The van der Waals surface area contributed by atoms with Crippen molar-refractivity contribution < 1.29 is 35.5 Å². The first kappa shape index (κ1) is 19.2. The number of rotatable bonds is 5. The molecule has 0 bridgehead atoms. The zero-order valence-corrected chi connectivity index (χ0v) is 15.9. The molecule has 0 saturated carbocycles. The third-order valence-corrected chi connectivity index (χ3v) is 4.62. The summed E-state index contributed by atoms with van der Waals surface area (Å²) in [6.07, 6.45) is 3.62. The maximum atomic E-state index is 13.0. The Kier molecular flexibility index (Phi) is 6.78. The van der Waals surface area contributed by atoms with Crippen LogP contribution in [0.1, 0.15) is 10.6 Å². The van der Waals surface area contributed by atoms with Gasteiger partial charge in [-0.2, -0.15) is 4.57 Å². The number of carbonyl (C=O) groups is 1. The molecule has 0 aliphatic carbocycles. The van der Waals surface area contributed by atoms with Gasteiger partial charge in [-0.05, 0) is 31.2 Å². The summed E-state index contributed by atoms with van der Waals surface area (Å²) in [4.78, 5) is 17.3. The molecule has 25 heavy (non-hydrogen) atoms. The van der Waals surface area contributed by atoms with E-state index in [1.54, 1.807) is 16.7 Å². The maximum Gasteiger partial charge on any atom is 0.373 e. The minimum absolute atomic E-state index is 0. The third kappa shape index (κ3) is 5.17. The molecule has 2 aromatic heterocycles. The molecule has 0 saturated heterocycles. The number of aromatic nitrogens is 2. The van der Waals surface area contributed by atoms with Crippen molar-refractivity contribution >= 4 is 17.3 Å². The van der Waals surface area contributed by atoms with Crippen LogP contribution in [0, 0.1) is 12.7 Å². The summed E-state index contributed by atoms with van der Waals surface area (Å²) in [5.41, 5.74) is 1.67. The van der Waals surface area contributed by atoms with Crippen LogP contribution in [0.3, 0.4) is 0 Å². The Morgan fingerprint density at radius 2 is 1.88 bits per heavy atom. The number of nitrogens with zero attached hydrogens (tertiary/aromatic N) is 2. The summed E-state index contributed by atoms with van der Waals surface area (Å²) in [5, 5.41) is 0.788. The van der Waals surface area contributed by atoms with Crippen LogP contribution in [-0.2, 0) is 22.7 Å². The molecule has 2 heterocycles. The molecule has 0 radical (unpaired) electrons. The fourth-order valence-electron chi connectivity index (χ4n) is 2.16. The molecule has 0 amide bonds. The molecule has 0 aliphatic rings. The minimum atomic E-state index is -0.303. The number of halogens is 2. The largest absolute Gasteiger partial charge is 1.00 e. The van der Waals surface area contributed by atoms with Crippen molar-refractivity contribution in [3.05, 3.63) is 71.2 Å². The summed E-state index contributed by atoms with van der Waals surface area (Å²) >= 11 is 1.45. The monoisotopic (exact) mass is 422 g/mol. The number of esters is 1. The van der Waals surface area contributed by atoms with Crippen LogP contribution in [0.25, 0.3) is 10.6 Å². The van der Waals surface area contributed by atoms with E-state index in [1.165, 1.54) is 23.5 Å². The van der Waals surface area contributed by atoms with Crippen molar-refractivity contribution in [1.29, 1.82) is 0 Å². The lowest BCUT2D eigenvalue weighted by Crippen LogP contribution is -3.00. The second-order valence-electron chi connectivity index (χ2n) is 5.24. The molecule has 3 rings (SSSR count). The van der Waals surface area contributed by atoms with E-state index in [2.05, 4.69) is 4.98 Å². The summed E-state index contributed by atoms with van der Waals surface area (Å²) in [7, 11) is 0. The van der Waals surface area contributed by atoms with E-state index in [0.29, 0.717) is 0 Å². The summed E-state index contributed by atoms with van der Waals surface area (Å²) in [6, 6.07) is 11.8. The van der Waals surface area contributed by atoms with Crippen LogP contribution < -0.4 is 21.5 Å². The lowest BCUT2D eigenvalue weighted by Gasteiger charge is -2.01. The summed E-state index contributed by atoms with van der Waals surface area (Å²) in [5.74, 6) is -0.582. The molecule has 3 aromatic rings. The van der Waals surface area contributed by atoms with E-state index in [9.17, 15) is 9.18 Å². The highest BCUT2D eigenvalue weighted by atomic mass is 79.9. The molecule has 0 N–H and O–H groups in total. The van der Waals surface area contributed by atoms with E-state index < -0.39 is 0 Å². The number of carbonyl (C=O) groups excluding carboxylic acids is 1. The van der Waals surface area contributed by atoms with E-state index in [1.807, 2.05) is 37.5 Å². The molecular formula is C18H16BrFN2O2S. The molecule has 0 atom stereocenters. The standard InChI is InChI=1S/C18H16FN2O2S.BrH/c1-13-16(12-23-17(22)11-21-9-3-2-4-10-21)24-18(20-13)14-5-7-15(19)8-6-14;/h2-10H,11-12H2,1H3;1H/q+1;/p-1. The van der Waals surface area contributed by atoms with Crippen molar-refractivity contribution in [1.82, 2.24) is 4.98 Å². The SMILES string of the molecule is Cc1nc(-c2ccc(F)cc2)sc1COC(=O)C[n+]1ccccc1.[Br-]. The summed E-state index contributed by atoms with van der Waals surface area (Å²) < 4.78 is 20.1. The quantitative estimate of drug-likeness (QED) is 0.438. The first-order valence-electron chi connectivity index (χ1n) is 7.44. The van der Waals surface area contributed by atoms with Crippen LogP contribution in [0.5, 0.6) is 0 Å². The number of aryl methyl sites for hydroxylation is 1. The van der Waals surface area contributed by atoms with Gasteiger partial charge >= 0.3 is 5.97 Å². The van der Waals surface area contributed by atoms with Gasteiger partial charge in [-0.1, -0.05) is 6.07 Å². The van der Waals surface area contributed by atoms with Crippen molar-refractivity contribution in [3.63, 3.8) is 0 Å². The molecule has 4 nitrogen and oxygen atoms in total. The van der Waals surface area contributed by atoms with Crippen LogP contribution in [0.2, 0.25) is 0 Å². The molecular weight excluding hydrogens is 407 g/mol. The average molecular weight is 423 g/mol. The van der Waals surface area contributed by atoms with Gasteiger partial charge in [-0.25, -0.2) is 14.2 Å². The average Bonchev–Trinajstić information content (AvgIpc) is 2.95. The highest BCUT2D eigenvalue weighted by Gasteiger charge is 2.14. The number of thiazole rings is 1. The van der Waals surface area contributed by atoms with Crippen molar-refractivity contribution in [2.45, 2.75) is 20.1 Å². The Morgan fingerprint density at radius 1 is 1.20 bits per heavy atom. The molecule has 130 valence electrons. The van der Waals surface area contributed by atoms with Crippen molar-refractivity contribution in [2.24, 2.45) is 0 Å². The predicted octanol–water partition coefficient (Wildman–Crippen LogP) is 0.293. The Morgan fingerprint density at radius 3 is 2.56 bits per heavy atom. The molecule has 0 fully saturated rings.